The molecule has 0 aromatic heterocycles. The van der Waals surface area contributed by atoms with Crippen molar-refractivity contribution < 1.29 is 19.4 Å². The highest BCUT2D eigenvalue weighted by molar-refractivity contribution is 6.18. The van der Waals surface area contributed by atoms with E-state index in [-0.39, 0.29) is 24.8 Å². The largest absolute Gasteiger partial charge is 0.493 e. The molecule has 6 heteroatoms. The maximum atomic E-state index is 11.6. The molecule has 1 aromatic rings. The SMILES string of the molecule is COc1ccc(CC(=O)NCC(O)CCl)cc1OC. The molecule has 1 rings (SSSR count). The Hall–Kier alpha value is -1.46. The van der Waals surface area contributed by atoms with Crippen LogP contribution in [0.1, 0.15) is 5.56 Å². The summed E-state index contributed by atoms with van der Waals surface area (Å²) >= 11 is 5.44. The molecule has 0 heterocycles. The van der Waals surface area contributed by atoms with Gasteiger partial charge < -0.3 is 19.9 Å². The summed E-state index contributed by atoms with van der Waals surface area (Å²) in [6.45, 7) is 0.148. The molecule has 0 radical (unpaired) electrons. The lowest BCUT2D eigenvalue weighted by Crippen LogP contribution is -2.33. The molecule has 5 nitrogen and oxygen atoms in total. The van der Waals surface area contributed by atoms with Crippen molar-refractivity contribution in [2.75, 3.05) is 26.6 Å². The average Bonchev–Trinajstić information content (AvgIpc) is 2.44. The third kappa shape index (κ3) is 4.96. The van der Waals surface area contributed by atoms with Crippen LogP contribution in [-0.4, -0.2) is 43.8 Å². The van der Waals surface area contributed by atoms with E-state index >= 15 is 0 Å². The van der Waals surface area contributed by atoms with E-state index in [9.17, 15) is 9.90 Å². The number of carbonyl (C=O) groups is 1. The Morgan fingerprint density at radius 3 is 2.63 bits per heavy atom. The first-order valence-corrected chi connectivity index (χ1v) is 6.35. The van der Waals surface area contributed by atoms with Crippen LogP contribution in [0.15, 0.2) is 18.2 Å². The molecule has 1 unspecified atom stereocenters. The molecule has 0 bridgehead atoms. The highest BCUT2D eigenvalue weighted by Crippen LogP contribution is 2.27. The summed E-state index contributed by atoms with van der Waals surface area (Å²) in [6, 6.07) is 5.28. The Kier molecular flexibility index (Phi) is 6.45. The lowest BCUT2D eigenvalue weighted by atomic mass is 10.1. The van der Waals surface area contributed by atoms with E-state index in [4.69, 9.17) is 21.1 Å². The summed E-state index contributed by atoms with van der Waals surface area (Å²) in [4.78, 5) is 11.6. The number of rotatable bonds is 7. The molecule has 106 valence electrons. The first-order chi connectivity index (χ1) is 9.10. The lowest BCUT2D eigenvalue weighted by Gasteiger charge is -2.11. The number of ether oxygens (including phenoxy) is 2. The van der Waals surface area contributed by atoms with Gasteiger partial charge in [-0.05, 0) is 17.7 Å². The number of halogens is 1. The predicted molar refractivity (Wildman–Crippen MR) is 73.0 cm³/mol. The molecule has 0 spiro atoms. The topological polar surface area (TPSA) is 67.8 Å². The van der Waals surface area contributed by atoms with Crippen LogP contribution in [0.5, 0.6) is 11.5 Å². The average molecular weight is 288 g/mol. The fraction of sp³-hybridized carbons (Fsp3) is 0.462. The molecular formula is C13H18ClNO4. The predicted octanol–water partition coefficient (Wildman–Crippen LogP) is 0.962. The Morgan fingerprint density at radius 2 is 2.05 bits per heavy atom. The zero-order chi connectivity index (χ0) is 14.3. The fourth-order valence-corrected chi connectivity index (χ4v) is 1.63. The van der Waals surface area contributed by atoms with Gasteiger partial charge in [0.25, 0.3) is 0 Å². The van der Waals surface area contributed by atoms with Gasteiger partial charge in [-0.25, -0.2) is 0 Å². The minimum absolute atomic E-state index is 0.0939. The van der Waals surface area contributed by atoms with Gasteiger partial charge >= 0.3 is 0 Å². The number of hydrogen-bond donors (Lipinski definition) is 2. The molecule has 0 fully saturated rings. The van der Waals surface area contributed by atoms with Crippen molar-refractivity contribution in [3.05, 3.63) is 23.8 Å². The van der Waals surface area contributed by atoms with E-state index in [0.29, 0.717) is 11.5 Å². The summed E-state index contributed by atoms with van der Waals surface area (Å²) < 4.78 is 10.3. The number of alkyl halides is 1. The monoisotopic (exact) mass is 287 g/mol. The van der Waals surface area contributed by atoms with E-state index < -0.39 is 6.10 Å². The van der Waals surface area contributed by atoms with Crippen LogP contribution in [0.4, 0.5) is 0 Å². The highest BCUT2D eigenvalue weighted by atomic mass is 35.5. The number of amides is 1. The van der Waals surface area contributed by atoms with Crippen LogP contribution >= 0.6 is 11.6 Å². The maximum Gasteiger partial charge on any atom is 0.224 e. The number of aliphatic hydroxyl groups excluding tert-OH is 1. The molecule has 0 saturated carbocycles. The number of methoxy groups -OCH3 is 2. The van der Waals surface area contributed by atoms with Crippen molar-refractivity contribution in [2.45, 2.75) is 12.5 Å². The van der Waals surface area contributed by atoms with Crippen molar-refractivity contribution in [1.82, 2.24) is 5.32 Å². The Morgan fingerprint density at radius 1 is 1.37 bits per heavy atom. The number of hydrogen-bond acceptors (Lipinski definition) is 4. The number of aliphatic hydroxyl groups is 1. The van der Waals surface area contributed by atoms with E-state index in [1.165, 1.54) is 0 Å². The van der Waals surface area contributed by atoms with Gasteiger partial charge in [-0.15, -0.1) is 11.6 Å². The van der Waals surface area contributed by atoms with Crippen LogP contribution in [-0.2, 0) is 11.2 Å². The summed E-state index contributed by atoms with van der Waals surface area (Å²) in [5.41, 5.74) is 0.801. The molecule has 0 aliphatic rings. The first-order valence-electron chi connectivity index (χ1n) is 5.82. The molecule has 0 aliphatic carbocycles. The highest BCUT2D eigenvalue weighted by Gasteiger charge is 2.09. The molecule has 1 atom stereocenters. The van der Waals surface area contributed by atoms with Gasteiger partial charge in [-0.1, -0.05) is 6.07 Å². The molecule has 19 heavy (non-hydrogen) atoms. The van der Waals surface area contributed by atoms with E-state index in [2.05, 4.69) is 5.32 Å². The molecule has 2 N–H and O–H groups in total. The number of carbonyl (C=O) groups excluding carboxylic acids is 1. The van der Waals surface area contributed by atoms with Gasteiger partial charge in [0, 0.05) is 6.54 Å². The normalized spacial score (nSPS) is 11.8. The lowest BCUT2D eigenvalue weighted by molar-refractivity contribution is -0.120. The van der Waals surface area contributed by atoms with Gasteiger partial charge in [0.15, 0.2) is 11.5 Å². The zero-order valence-corrected chi connectivity index (χ0v) is 11.7. The molecule has 0 saturated heterocycles. The Labute approximate surface area is 117 Å². The van der Waals surface area contributed by atoms with Crippen LogP contribution in [0.2, 0.25) is 0 Å². The molecule has 0 aliphatic heterocycles. The van der Waals surface area contributed by atoms with Crippen molar-refractivity contribution in [3.8, 4) is 11.5 Å². The van der Waals surface area contributed by atoms with E-state index in [1.54, 1.807) is 32.4 Å². The van der Waals surface area contributed by atoms with E-state index in [1.807, 2.05) is 0 Å². The Bertz CT molecular complexity index is 425. The van der Waals surface area contributed by atoms with Crippen LogP contribution < -0.4 is 14.8 Å². The second kappa shape index (κ2) is 7.86. The Balaban J connectivity index is 2.59. The van der Waals surface area contributed by atoms with Crippen molar-refractivity contribution >= 4 is 17.5 Å². The van der Waals surface area contributed by atoms with Crippen LogP contribution in [0, 0.1) is 0 Å². The second-order valence-corrected chi connectivity index (χ2v) is 4.29. The number of benzene rings is 1. The zero-order valence-electron chi connectivity index (χ0n) is 11.0. The second-order valence-electron chi connectivity index (χ2n) is 3.98. The first kappa shape index (κ1) is 15.6. The third-order valence-electron chi connectivity index (χ3n) is 2.53. The molecular weight excluding hydrogens is 270 g/mol. The van der Waals surface area contributed by atoms with Crippen LogP contribution in [0.25, 0.3) is 0 Å². The van der Waals surface area contributed by atoms with Gasteiger partial charge in [0.2, 0.25) is 5.91 Å². The molecule has 1 aromatic carbocycles. The minimum Gasteiger partial charge on any atom is -0.493 e. The molecule has 1 amide bonds. The summed E-state index contributed by atoms with van der Waals surface area (Å²) in [5, 5.41) is 11.8. The van der Waals surface area contributed by atoms with Crippen molar-refractivity contribution in [3.63, 3.8) is 0 Å². The van der Waals surface area contributed by atoms with Gasteiger partial charge in [-0.3, -0.25) is 4.79 Å². The maximum absolute atomic E-state index is 11.6. The third-order valence-corrected chi connectivity index (χ3v) is 2.88. The van der Waals surface area contributed by atoms with Gasteiger partial charge in [0.1, 0.15) is 0 Å². The quantitative estimate of drug-likeness (QED) is 0.733. The van der Waals surface area contributed by atoms with Gasteiger partial charge in [-0.2, -0.15) is 0 Å². The van der Waals surface area contributed by atoms with E-state index in [0.717, 1.165) is 5.56 Å². The summed E-state index contributed by atoms with van der Waals surface area (Å²) in [7, 11) is 3.09. The fourth-order valence-electron chi connectivity index (χ4n) is 1.52. The number of nitrogens with one attached hydrogen (secondary N) is 1. The van der Waals surface area contributed by atoms with Crippen LogP contribution in [0.3, 0.4) is 0 Å². The van der Waals surface area contributed by atoms with Crippen molar-refractivity contribution in [2.24, 2.45) is 0 Å². The summed E-state index contributed by atoms with van der Waals surface area (Å²) in [6.07, 6.45) is -0.522. The summed E-state index contributed by atoms with van der Waals surface area (Å²) in [5.74, 6) is 1.10. The minimum atomic E-state index is -0.726. The standard InChI is InChI=1S/C13H18ClNO4/c1-18-11-4-3-9(5-12(11)19-2)6-13(17)15-8-10(16)7-14/h3-5,10,16H,6-8H2,1-2H3,(H,15,17). The van der Waals surface area contributed by atoms with Crippen molar-refractivity contribution in [1.29, 1.82) is 0 Å². The van der Waals surface area contributed by atoms with Gasteiger partial charge in [0.05, 0.1) is 32.6 Å². The smallest absolute Gasteiger partial charge is 0.224 e.